The number of rotatable bonds is 4. The number of sulfonamides is 1. The highest BCUT2D eigenvalue weighted by molar-refractivity contribution is 7.89. The van der Waals surface area contributed by atoms with Gasteiger partial charge in [0.25, 0.3) is 5.91 Å². The van der Waals surface area contributed by atoms with Crippen LogP contribution in [0.5, 0.6) is 0 Å². The molecule has 1 aromatic heterocycles. The van der Waals surface area contributed by atoms with Gasteiger partial charge in [-0.15, -0.1) is 0 Å². The van der Waals surface area contributed by atoms with Crippen LogP contribution in [0.3, 0.4) is 0 Å². The van der Waals surface area contributed by atoms with E-state index >= 15 is 0 Å². The minimum atomic E-state index is -3.54. The molecule has 1 aromatic carbocycles. The largest absolute Gasteiger partial charge is 0.469 e. The van der Waals surface area contributed by atoms with Gasteiger partial charge in [-0.1, -0.05) is 18.9 Å². The van der Waals surface area contributed by atoms with Gasteiger partial charge in [-0.25, -0.2) is 8.42 Å². The summed E-state index contributed by atoms with van der Waals surface area (Å²) in [5.41, 5.74) is 0.877. The maximum Gasteiger partial charge on any atom is 0.259 e. The summed E-state index contributed by atoms with van der Waals surface area (Å²) in [6.45, 7) is 2.80. The Hall–Kier alpha value is -2.12. The van der Waals surface area contributed by atoms with Crippen molar-refractivity contribution in [1.82, 2.24) is 4.31 Å². The number of nitrogens with one attached hydrogen (secondary N) is 1. The van der Waals surface area contributed by atoms with E-state index in [0.29, 0.717) is 30.1 Å². The van der Waals surface area contributed by atoms with Gasteiger partial charge in [-0.2, -0.15) is 4.31 Å². The molecule has 0 radical (unpaired) electrons. The van der Waals surface area contributed by atoms with Gasteiger partial charge in [-0.3, -0.25) is 4.79 Å². The zero-order chi connectivity index (χ0) is 17.9. The number of carbonyl (C=O) groups excluding carboxylic acids is 1. The van der Waals surface area contributed by atoms with E-state index in [1.165, 1.54) is 12.3 Å². The fourth-order valence-corrected chi connectivity index (χ4v) is 4.55. The van der Waals surface area contributed by atoms with Crippen molar-refractivity contribution in [3.05, 3.63) is 47.9 Å². The first-order valence-corrected chi connectivity index (χ1v) is 9.88. The predicted octanol–water partition coefficient (Wildman–Crippen LogP) is 3.41. The number of amides is 1. The Morgan fingerprint density at radius 1 is 1.12 bits per heavy atom. The van der Waals surface area contributed by atoms with Crippen LogP contribution in [0.4, 0.5) is 5.69 Å². The number of aryl methyl sites for hydroxylation is 1. The van der Waals surface area contributed by atoms with E-state index in [2.05, 4.69) is 5.32 Å². The third-order valence-electron chi connectivity index (χ3n) is 4.40. The molecule has 25 heavy (non-hydrogen) atoms. The number of anilines is 1. The molecule has 1 fully saturated rings. The molecule has 2 heterocycles. The summed E-state index contributed by atoms with van der Waals surface area (Å²) in [4.78, 5) is 12.5. The maximum atomic E-state index is 12.9. The van der Waals surface area contributed by atoms with Crippen LogP contribution in [0.2, 0.25) is 0 Å². The maximum absolute atomic E-state index is 12.9. The molecule has 0 saturated carbocycles. The van der Waals surface area contributed by atoms with Crippen LogP contribution >= 0.6 is 0 Å². The second-order valence-corrected chi connectivity index (χ2v) is 8.13. The van der Waals surface area contributed by atoms with Crippen molar-refractivity contribution < 1.29 is 17.6 Å². The molecular weight excluding hydrogens is 340 g/mol. The second kappa shape index (κ2) is 7.41. The lowest BCUT2D eigenvalue weighted by molar-refractivity contribution is 0.102. The van der Waals surface area contributed by atoms with E-state index < -0.39 is 10.0 Å². The van der Waals surface area contributed by atoms with Gasteiger partial charge in [0, 0.05) is 18.8 Å². The fraction of sp³-hybridized carbons (Fsp3) is 0.389. The molecule has 7 heteroatoms. The SMILES string of the molecule is Cc1occc1C(=O)Nc1cccc(S(=O)(=O)N2CCCCCC2)c1. The van der Waals surface area contributed by atoms with Gasteiger partial charge in [0.15, 0.2) is 0 Å². The molecule has 1 saturated heterocycles. The zero-order valence-corrected chi connectivity index (χ0v) is 15.0. The summed E-state index contributed by atoms with van der Waals surface area (Å²) in [7, 11) is -3.54. The highest BCUT2D eigenvalue weighted by atomic mass is 32.2. The Balaban J connectivity index is 1.81. The lowest BCUT2D eigenvalue weighted by Crippen LogP contribution is -2.32. The molecule has 0 atom stereocenters. The van der Waals surface area contributed by atoms with Crippen LogP contribution in [-0.2, 0) is 10.0 Å². The normalized spacial score (nSPS) is 16.4. The molecule has 6 nitrogen and oxygen atoms in total. The van der Waals surface area contributed by atoms with E-state index in [9.17, 15) is 13.2 Å². The number of nitrogens with zero attached hydrogens (tertiary/aromatic N) is 1. The number of hydrogen-bond acceptors (Lipinski definition) is 4. The summed E-state index contributed by atoms with van der Waals surface area (Å²) < 4.78 is 32.4. The predicted molar refractivity (Wildman–Crippen MR) is 95.1 cm³/mol. The molecule has 0 unspecified atom stereocenters. The number of hydrogen-bond donors (Lipinski definition) is 1. The van der Waals surface area contributed by atoms with Crippen molar-refractivity contribution in [3.8, 4) is 0 Å². The summed E-state index contributed by atoms with van der Waals surface area (Å²) in [5, 5.41) is 2.73. The third kappa shape index (κ3) is 3.93. The van der Waals surface area contributed by atoms with Crippen LogP contribution in [0, 0.1) is 6.92 Å². The summed E-state index contributed by atoms with van der Waals surface area (Å²) >= 11 is 0. The average Bonchev–Trinajstić information content (AvgIpc) is 2.85. The molecule has 1 aliphatic rings. The van der Waals surface area contributed by atoms with Gasteiger partial charge >= 0.3 is 0 Å². The Morgan fingerprint density at radius 2 is 1.84 bits per heavy atom. The van der Waals surface area contributed by atoms with E-state index in [0.717, 1.165) is 25.7 Å². The Morgan fingerprint density at radius 3 is 2.48 bits per heavy atom. The Kier molecular flexibility index (Phi) is 5.24. The monoisotopic (exact) mass is 362 g/mol. The van der Waals surface area contributed by atoms with Crippen molar-refractivity contribution >= 4 is 21.6 Å². The van der Waals surface area contributed by atoms with Gasteiger partial charge in [0.05, 0.1) is 16.7 Å². The highest BCUT2D eigenvalue weighted by Crippen LogP contribution is 2.23. The van der Waals surface area contributed by atoms with Gasteiger partial charge in [-0.05, 0) is 44.0 Å². The molecule has 2 aromatic rings. The lowest BCUT2D eigenvalue weighted by Gasteiger charge is -2.20. The highest BCUT2D eigenvalue weighted by Gasteiger charge is 2.25. The van der Waals surface area contributed by atoms with Crippen LogP contribution < -0.4 is 5.32 Å². The number of carbonyl (C=O) groups is 1. The smallest absolute Gasteiger partial charge is 0.259 e. The number of benzene rings is 1. The third-order valence-corrected chi connectivity index (χ3v) is 6.29. The molecule has 0 spiro atoms. The Labute approximate surface area is 147 Å². The van der Waals surface area contributed by atoms with Crippen molar-refractivity contribution in [3.63, 3.8) is 0 Å². The second-order valence-electron chi connectivity index (χ2n) is 6.19. The van der Waals surface area contributed by atoms with Gasteiger partial charge in [0.2, 0.25) is 10.0 Å². The molecule has 1 amide bonds. The molecule has 134 valence electrons. The lowest BCUT2D eigenvalue weighted by atomic mass is 10.2. The van der Waals surface area contributed by atoms with Gasteiger partial charge < -0.3 is 9.73 Å². The van der Waals surface area contributed by atoms with Crippen LogP contribution in [0.1, 0.15) is 41.8 Å². The molecule has 0 bridgehead atoms. The summed E-state index contributed by atoms with van der Waals surface area (Å²) in [5.74, 6) is 0.196. The first-order valence-electron chi connectivity index (χ1n) is 8.44. The quantitative estimate of drug-likeness (QED) is 0.904. The molecule has 1 aliphatic heterocycles. The number of furan rings is 1. The van der Waals surface area contributed by atoms with E-state index in [-0.39, 0.29) is 10.8 Å². The van der Waals surface area contributed by atoms with Crippen molar-refractivity contribution in [2.45, 2.75) is 37.5 Å². The molecule has 1 N–H and O–H groups in total. The standard InChI is InChI=1S/C18H22N2O4S/c1-14-17(9-12-24-14)18(21)19-15-7-6-8-16(13-15)25(22,23)20-10-4-2-3-5-11-20/h6-9,12-13H,2-5,10-11H2,1H3,(H,19,21). The minimum Gasteiger partial charge on any atom is -0.469 e. The summed E-state index contributed by atoms with van der Waals surface area (Å²) in [6.07, 6.45) is 5.34. The van der Waals surface area contributed by atoms with Crippen molar-refractivity contribution in [2.75, 3.05) is 18.4 Å². The average molecular weight is 362 g/mol. The van der Waals surface area contributed by atoms with E-state index in [4.69, 9.17) is 4.42 Å². The van der Waals surface area contributed by atoms with Gasteiger partial charge in [0.1, 0.15) is 5.76 Å². The first kappa shape index (κ1) is 17.7. The Bertz CT molecular complexity index is 849. The van der Waals surface area contributed by atoms with Crippen molar-refractivity contribution in [1.29, 1.82) is 0 Å². The van der Waals surface area contributed by atoms with Crippen LogP contribution in [0.15, 0.2) is 45.9 Å². The van der Waals surface area contributed by atoms with Crippen LogP contribution in [-0.4, -0.2) is 31.7 Å². The minimum absolute atomic E-state index is 0.205. The summed E-state index contributed by atoms with van der Waals surface area (Å²) in [6, 6.07) is 7.98. The van der Waals surface area contributed by atoms with E-state index in [1.54, 1.807) is 35.5 Å². The van der Waals surface area contributed by atoms with Crippen molar-refractivity contribution in [2.24, 2.45) is 0 Å². The topological polar surface area (TPSA) is 79.6 Å². The zero-order valence-electron chi connectivity index (χ0n) is 14.2. The molecule has 3 rings (SSSR count). The fourth-order valence-electron chi connectivity index (χ4n) is 2.98. The molecular formula is C18H22N2O4S. The molecule has 0 aliphatic carbocycles. The van der Waals surface area contributed by atoms with E-state index in [1.807, 2.05) is 0 Å². The first-order chi connectivity index (χ1) is 12.0. The van der Waals surface area contributed by atoms with Crippen LogP contribution in [0.25, 0.3) is 0 Å².